The number of ether oxygens (including phenoxy) is 1. The van der Waals surface area contributed by atoms with Crippen molar-refractivity contribution in [1.82, 2.24) is 0 Å². The SMILES string of the molecule is CC[C@H]1OC[C@@H](C)[C@H]1F. The van der Waals surface area contributed by atoms with E-state index in [1.54, 1.807) is 0 Å². The smallest absolute Gasteiger partial charge is 0.131 e. The highest BCUT2D eigenvalue weighted by Gasteiger charge is 2.32. The van der Waals surface area contributed by atoms with Crippen molar-refractivity contribution in [2.24, 2.45) is 5.92 Å². The summed E-state index contributed by atoms with van der Waals surface area (Å²) in [7, 11) is 0. The lowest BCUT2D eigenvalue weighted by Gasteiger charge is -2.08. The molecule has 0 aromatic carbocycles. The number of alkyl halides is 1. The molecular formula is C7H13FO. The third-order valence-corrected chi connectivity index (χ3v) is 1.87. The Morgan fingerprint density at radius 2 is 2.33 bits per heavy atom. The molecule has 0 N–H and O–H groups in total. The second-order valence-corrected chi connectivity index (χ2v) is 2.70. The van der Waals surface area contributed by atoms with Gasteiger partial charge < -0.3 is 4.74 Å². The average Bonchev–Trinajstić information content (AvgIpc) is 2.15. The fourth-order valence-corrected chi connectivity index (χ4v) is 1.17. The van der Waals surface area contributed by atoms with E-state index in [1.807, 2.05) is 13.8 Å². The number of rotatable bonds is 1. The molecule has 0 aromatic heterocycles. The van der Waals surface area contributed by atoms with Crippen LogP contribution in [-0.4, -0.2) is 18.9 Å². The first-order valence-electron chi connectivity index (χ1n) is 3.51. The van der Waals surface area contributed by atoms with E-state index in [9.17, 15) is 4.39 Å². The molecule has 0 aliphatic carbocycles. The Balaban J connectivity index is 2.41. The van der Waals surface area contributed by atoms with Crippen molar-refractivity contribution in [3.63, 3.8) is 0 Å². The molecule has 9 heavy (non-hydrogen) atoms. The Labute approximate surface area is 55.2 Å². The summed E-state index contributed by atoms with van der Waals surface area (Å²) in [6.45, 7) is 4.44. The van der Waals surface area contributed by atoms with Crippen molar-refractivity contribution in [3.05, 3.63) is 0 Å². The molecular weight excluding hydrogens is 119 g/mol. The van der Waals surface area contributed by atoms with Gasteiger partial charge in [0.1, 0.15) is 6.17 Å². The maximum absolute atomic E-state index is 12.9. The minimum atomic E-state index is -0.727. The van der Waals surface area contributed by atoms with Gasteiger partial charge in [0.15, 0.2) is 0 Å². The Morgan fingerprint density at radius 3 is 2.56 bits per heavy atom. The van der Waals surface area contributed by atoms with Gasteiger partial charge in [-0.15, -0.1) is 0 Å². The molecule has 0 radical (unpaired) electrons. The highest BCUT2D eigenvalue weighted by atomic mass is 19.1. The molecule has 1 rings (SSSR count). The summed E-state index contributed by atoms with van der Waals surface area (Å²) in [4.78, 5) is 0. The Kier molecular flexibility index (Phi) is 2.06. The van der Waals surface area contributed by atoms with E-state index in [0.717, 1.165) is 6.42 Å². The van der Waals surface area contributed by atoms with Gasteiger partial charge in [0.05, 0.1) is 12.7 Å². The molecule has 54 valence electrons. The first-order chi connectivity index (χ1) is 4.25. The molecule has 1 saturated heterocycles. The second-order valence-electron chi connectivity index (χ2n) is 2.70. The van der Waals surface area contributed by atoms with E-state index >= 15 is 0 Å². The third kappa shape index (κ3) is 1.23. The largest absolute Gasteiger partial charge is 0.375 e. The molecule has 1 heterocycles. The maximum Gasteiger partial charge on any atom is 0.131 e. The van der Waals surface area contributed by atoms with Gasteiger partial charge in [-0.2, -0.15) is 0 Å². The Morgan fingerprint density at radius 1 is 1.67 bits per heavy atom. The molecule has 0 spiro atoms. The summed E-state index contributed by atoms with van der Waals surface area (Å²) in [5.41, 5.74) is 0. The summed E-state index contributed by atoms with van der Waals surface area (Å²) in [5, 5.41) is 0. The number of halogens is 1. The van der Waals surface area contributed by atoms with Crippen molar-refractivity contribution >= 4 is 0 Å². The fraction of sp³-hybridized carbons (Fsp3) is 1.00. The van der Waals surface area contributed by atoms with E-state index in [0.29, 0.717) is 6.61 Å². The average molecular weight is 132 g/mol. The monoisotopic (exact) mass is 132 g/mol. The van der Waals surface area contributed by atoms with E-state index in [1.165, 1.54) is 0 Å². The van der Waals surface area contributed by atoms with Gasteiger partial charge in [0, 0.05) is 5.92 Å². The lowest BCUT2D eigenvalue weighted by molar-refractivity contribution is 0.0750. The molecule has 0 saturated carbocycles. The van der Waals surface area contributed by atoms with Crippen LogP contribution in [0.5, 0.6) is 0 Å². The lowest BCUT2D eigenvalue weighted by Crippen LogP contribution is -2.19. The molecule has 1 nitrogen and oxygen atoms in total. The molecule has 0 amide bonds. The maximum atomic E-state index is 12.9. The Bertz CT molecular complexity index is 94.9. The van der Waals surface area contributed by atoms with Crippen molar-refractivity contribution in [2.75, 3.05) is 6.61 Å². The molecule has 0 bridgehead atoms. The van der Waals surface area contributed by atoms with Gasteiger partial charge in [0.2, 0.25) is 0 Å². The van der Waals surface area contributed by atoms with Crippen molar-refractivity contribution < 1.29 is 9.13 Å². The van der Waals surface area contributed by atoms with E-state index in [-0.39, 0.29) is 12.0 Å². The zero-order valence-corrected chi connectivity index (χ0v) is 5.93. The van der Waals surface area contributed by atoms with Crippen molar-refractivity contribution in [2.45, 2.75) is 32.5 Å². The first kappa shape index (κ1) is 7.00. The van der Waals surface area contributed by atoms with Crippen LogP contribution in [0.3, 0.4) is 0 Å². The van der Waals surface area contributed by atoms with Crippen LogP contribution in [0.25, 0.3) is 0 Å². The van der Waals surface area contributed by atoms with E-state index in [2.05, 4.69) is 0 Å². The predicted molar refractivity (Wildman–Crippen MR) is 34.1 cm³/mol. The normalized spacial score (nSPS) is 43.7. The summed E-state index contributed by atoms with van der Waals surface area (Å²) >= 11 is 0. The van der Waals surface area contributed by atoms with Crippen LogP contribution >= 0.6 is 0 Å². The lowest BCUT2D eigenvalue weighted by atomic mass is 10.0. The minimum Gasteiger partial charge on any atom is -0.375 e. The van der Waals surface area contributed by atoms with Crippen molar-refractivity contribution in [1.29, 1.82) is 0 Å². The standard InChI is InChI=1S/C7H13FO/c1-3-6-7(8)5(2)4-9-6/h5-7H,3-4H2,1-2H3/t5-,6-,7-/m1/s1. The molecule has 0 unspecified atom stereocenters. The van der Waals surface area contributed by atoms with E-state index in [4.69, 9.17) is 4.74 Å². The van der Waals surface area contributed by atoms with Gasteiger partial charge in [0.25, 0.3) is 0 Å². The van der Waals surface area contributed by atoms with Gasteiger partial charge >= 0.3 is 0 Å². The highest BCUT2D eigenvalue weighted by Crippen LogP contribution is 2.24. The van der Waals surface area contributed by atoms with Gasteiger partial charge in [-0.1, -0.05) is 13.8 Å². The number of hydrogen-bond donors (Lipinski definition) is 0. The fourth-order valence-electron chi connectivity index (χ4n) is 1.17. The van der Waals surface area contributed by atoms with Crippen LogP contribution < -0.4 is 0 Å². The van der Waals surface area contributed by atoms with Crippen molar-refractivity contribution in [3.8, 4) is 0 Å². The Hall–Kier alpha value is -0.110. The second kappa shape index (κ2) is 2.65. The molecule has 3 atom stereocenters. The highest BCUT2D eigenvalue weighted by molar-refractivity contribution is 4.79. The summed E-state index contributed by atoms with van der Waals surface area (Å²) in [6.07, 6.45) is -0.0547. The molecule has 0 aromatic rings. The van der Waals surface area contributed by atoms with Gasteiger partial charge in [-0.05, 0) is 6.42 Å². The zero-order chi connectivity index (χ0) is 6.85. The molecule has 1 aliphatic rings. The zero-order valence-electron chi connectivity index (χ0n) is 5.93. The quantitative estimate of drug-likeness (QED) is 0.528. The summed E-state index contributed by atoms with van der Waals surface area (Å²) < 4.78 is 18.0. The predicted octanol–water partition coefficient (Wildman–Crippen LogP) is 1.77. The molecule has 2 heteroatoms. The van der Waals surface area contributed by atoms with Crippen LogP contribution in [0, 0.1) is 5.92 Å². The van der Waals surface area contributed by atoms with Crippen LogP contribution in [0.1, 0.15) is 20.3 Å². The minimum absolute atomic E-state index is 0.106. The van der Waals surface area contributed by atoms with Gasteiger partial charge in [-0.25, -0.2) is 4.39 Å². The van der Waals surface area contributed by atoms with Crippen LogP contribution in [0.2, 0.25) is 0 Å². The van der Waals surface area contributed by atoms with Crippen LogP contribution in [0.15, 0.2) is 0 Å². The summed E-state index contributed by atoms with van der Waals surface area (Å²) in [5.74, 6) is 0.106. The first-order valence-corrected chi connectivity index (χ1v) is 3.51. The van der Waals surface area contributed by atoms with Crippen LogP contribution in [-0.2, 0) is 4.74 Å². The molecule has 1 fully saturated rings. The summed E-state index contributed by atoms with van der Waals surface area (Å²) in [6, 6.07) is 0. The third-order valence-electron chi connectivity index (χ3n) is 1.87. The number of hydrogen-bond acceptors (Lipinski definition) is 1. The van der Waals surface area contributed by atoms with E-state index < -0.39 is 6.17 Å². The van der Waals surface area contributed by atoms with Crippen LogP contribution in [0.4, 0.5) is 4.39 Å². The molecule has 1 aliphatic heterocycles. The topological polar surface area (TPSA) is 9.23 Å². The van der Waals surface area contributed by atoms with Gasteiger partial charge in [-0.3, -0.25) is 0 Å².